The molecule has 72 heavy (non-hydrogen) atoms. The van der Waals surface area contributed by atoms with Crippen molar-refractivity contribution >= 4 is 69.1 Å². The third-order valence-electron chi connectivity index (χ3n) is 11.6. The lowest BCUT2D eigenvalue weighted by Gasteiger charge is -2.27. The molecule has 1 fully saturated rings. The first-order valence-electron chi connectivity index (χ1n) is 23.0. The van der Waals surface area contributed by atoms with E-state index in [-0.39, 0.29) is 37.4 Å². The molecule has 0 aliphatic carbocycles. The van der Waals surface area contributed by atoms with Crippen LogP contribution in [0.15, 0.2) is 71.4 Å². The Morgan fingerprint density at radius 3 is 2.07 bits per heavy atom. The van der Waals surface area contributed by atoms with Crippen molar-refractivity contribution in [3.8, 4) is 0 Å². The summed E-state index contributed by atoms with van der Waals surface area (Å²) in [4.78, 5) is 125. The maximum atomic E-state index is 14.3. The molecule has 1 heterocycles. The van der Waals surface area contributed by atoms with E-state index in [2.05, 4.69) is 43.5 Å². The number of sulfone groups is 1. The average Bonchev–Trinajstić information content (AvgIpc) is 3.30. The summed E-state index contributed by atoms with van der Waals surface area (Å²) in [5.41, 5.74) is 12.2. The lowest BCUT2D eigenvalue weighted by atomic mass is 9.94. The van der Waals surface area contributed by atoms with Gasteiger partial charge in [0.15, 0.2) is 5.96 Å². The van der Waals surface area contributed by atoms with Crippen LogP contribution in [0.3, 0.4) is 0 Å². The molecule has 0 radical (unpaired) electrons. The Kier molecular flexibility index (Phi) is 24.8. The molecule has 12 N–H and O–H groups in total. The number of carboxylic acid groups (broad SMARTS) is 2. The Morgan fingerprint density at radius 1 is 0.889 bits per heavy atom. The van der Waals surface area contributed by atoms with Crippen molar-refractivity contribution in [1.29, 1.82) is 0 Å². The van der Waals surface area contributed by atoms with Crippen molar-refractivity contribution in [2.24, 2.45) is 28.3 Å². The minimum Gasteiger partial charge on any atom is -0.480 e. The maximum absolute atomic E-state index is 14.3. The Bertz CT molecular complexity index is 2340. The third-order valence-corrected chi connectivity index (χ3v) is 12.6. The van der Waals surface area contributed by atoms with Gasteiger partial charge < -0.3 is 63.2 Å². The number of hydrogen-bond donors (Lipinski definition) is 10. The van der Waals surface area contributed by atoms with E-state index >= 15 is 0 Å². The highest BCUT2D eigenvalue weighted by molar-refractivity contribution is 7.90. The minimum atomic E-state index is -3.77. The highest BCUT2D eigenvalue weighted by atomic mass is 32.2. The second kappa shape index (κ2) is 29.3. The second-order valence-corrected chi connectivity index (χ2v) is 19.9. The highest BCUT2D eigenvalue weighted by Gasteiger charge is 2.34. The van der Waals surface area contributed by atoms with E-state index in [0.717, 1.165) is 23.8 Å². The number of nitrogens with zero attached hydrogens (tertiary/aromatic N) is 2. The summed E-state index contributed by atoms with van der Waals surface area (Å²) in [5, 5.41) is 34.5. The van der Waals surface area contributed by atoms with E-state index in [1.165, 1.54) is 19.9 Å². The molecule has 0 unspecified atom stereocenters. The summed E-state index contributed by atoms with van der Waals surface area (Å²) in [6.07, 6.45) is 3.61. The van der Waals surface area contributed by atoms with Crippen LogP contribution >= 0.6 is 0 Å². The van der Waals surface area contributed by atoms with Crippen LogP contribution in [0.25, 0.3) is 0 Å². The molecule has 0 spiro atoms. The van der Waals surface area contributed by atoms with E-state index in [0.29, 0.717) is 12.0 Å². The SMILES string of the molecule is C=C1C(=O)N[C@H](C)C(=O)N[C@@H](CCS(C)(=O)=O)C(=O)N[C@@H](C(=O)O)CC(=O)N[C@@H](CCCN=C(N)N)C(=O)N[C@@H](/C=C/C(C)=C/[C@H](C)[C@H](Cc2ccccc2)OC)[C@H](C)C(=O)N[C@@H](C(=O)O)CCC(=O)N1C. The molecule has 9 atom stereocenters. The number of ether oxygens (including phenoxy) is 1. The van der Waals surface area contributed by atoms with Crippen LogP contribution in [0.1, 0.15) is 71.8 Å². The number of carbonyl (C=O) groups is 9. The quantitative estimate of drug-likeness (QED) is 0.0304. The van der Waals surface area contributed by atoms with Crippen LogP contribution in [-0.2, 0) is 64.1 Å². The monoisotopic (exact) mass is 1030 g/mol. The average molecular weight is 1030 g/mol. The Morgan fingerprint density at radius 2 is 1.49 bits per heavy atom. The van der Waals surface area contributed by atoms with Crippen LogP contribution in [0, 0.1) is 11.8 Å². The van der Waals surface area contributed by atoms with E-state index in [9.17, 15) is 61.8 Å². The number of benzene rings is 1. The molecule has 1 aliphatic rings. The zero-order valence-corrected chi connectivity index (χ0v) is 42.5. The number of nitrogens with two attached hydrogens (primary N) is 2. The van der Waals surface area contributed by atoms with Gasteiger partial charge in [-0.05, 0) is 51.5 Å². The van der Waals surface area contributed by atoms with Gasteiger partial charge in [-0.3, -0.25) is 38.6 Å². The van der Waals surface area contributed by atoms with Crippen LogP contribution in [-0.4, -0.2) is 158 Å². The zero-order chi connectivity index (χ0) is 54.5. The van der Waals surface area contributed by atoms with E-state index in [4.69, 9.17) is 16.2 Å². The van der Waals surface area contributed by atoms with Gasteiger partial charge in [0, 0.05) is 39.3 Å². The number of methoxy groups -OCH3 is 1. The van der Waals surface area contributed by atoms with Gasteiger partial charge >= 0.3 is 11.9 Å². The molecule has 24 nitrogen and oxygen atoms in total. The number of guanidine groups is 1. The predicted octanol–water partition coefficient (Wildman–Crippen LogP) is -1.24. The van der Waals surface area contributed by atoms with Gasteiger partial charge in [0.05, 0.1) is 30.2 Å². The van der Waals surface area contributed by atoms with E-state index in [1.807, 2.05) is 43.3 Å². The third kappa shape index (κ3) is 21.5. The number of rotatable bonds is 16. The molecule has 1 aliphatic heterocycles. The lowest BCUT2D eigenvalue weighted by molar-refractivity contribution is -0.144. The Hall–Kier alpha value is -7.15. The number of carboxylic acids is 2. The van der Waals surface area contributed by atoms with Crippen LogP contribution < -0.4 is 43.4 Å². The van der Waals surface area contributed by atoms with E-state index < -0.39 is 142 Å². The number of likely N-dealkylation sites (N-methyl/N-ethyl adjacent to an activating group) is 1. The number of carbonyl (C=O) groups excluding carboxylic acids is 7. The topological polar surface area (TPSA) is 377 Å². The van der Waals surface area contributed by atoms with Gasteiger partial charge in [-0.15, -0.1) is 0 Å². The van der Waals surface area contributed by atoms with Gasteiger partial charge in [-0.25, -0.2) is 18.0 Å². The van der Waals surface area contributed by atoms with Crippen molar-refractivity contribution in [3.63, 3.8) is 0 Å². The molecular weight excluding hydrogens is 961 g/mol. The first kappa shape index (κ1) is 61.0. The number of nitrogens with one attached hydrogen (secondary N) is 6. The molecule has 2 rings (SSSR count). The molecule has 7 amide bonds. The fraction of sp³-hybridized carbons (Fsp3) is 0.532. The number of allylic oxidation sites excluding steroid dienone is 2. The molecule has 0 saturated carbocycles. The fourth-order valence-electron chi connectivity index (χ4n) is 7.16. The van der Waals surface area contributed by atoms with Crippen molar-refractivity contribution in [2.45, 2.75) is 115 Å². The van der Waals surface area contributed by atoms with Crippen molar-refractivity contribution in [2.75, 3.05) is 32.7 Å². The summed E-state index contributed by atoms with van der Waals surface area (Å²) < 4.78 is 30.0. The zero-order valence-electron chi connectivity index (χ0n) is 41.6. The van der Waals surface area contributed by atoms with Gasteiger partial charge in [-0.1, -0.05) is 74.6 Å². The Balaban J connectivity index is 2.71. The summed E-state index contributed by atoms with van der Waals surface area (Å²) in [6.45, 7) is 9.87. The standard InChI is InChI=1S/C47H70N10O14S/c1-26(23-27(2)37(71-7)24-31-13-10-9-11-14-31)16-17-32-28(3)40(60)55-35(45(65)66)18-19-39(59)57(6)30(5)42(62)51-29(4)41(61)54-34(20-22-72(8,69)70)44(64)56-36(46(67)68)25-38(58)52-33(43(63)53-32)15-12-21-50-47(48)49/h9-11,13-14,16-17,23,27-29,32-37H,5,12,15,18-22,24-25H2,1-4,6-8H3,(H,51,62)(H,52,58)(H,53,63)(H,54,61)(H,55,60)(H,56,64)(H,65,66)(H,67,68)(H4,48,49,50)/b17-16+,26-23+/t27-,28-,29+,32-,33-,34-,35+,36+,37-/m0/s1. The summed E-state index contributed by atoms with van der Waals surface area (Å²) in [5.74, 6) is -12.5. The number of hydrogen-bond acceptors (Lipinski definition) is 13. The molecule has 1 saturated heterocycles. The Labute approximate surface area is 419 Å². The molecule has 0 aromatic heterocycles. The molecule has 25 heteroatoms. The number of aliphatic imine (C=N–C) groups is 1. The number of amides is 7. The highest BCUT2D eigenvalue weighted by Crippen LogP contribution is 2.18. The van der Waals surface area contributed by atoms with E-state index in [1.54, 1.807) is 20.1 Å². The molecule has 1 aromatic carbocycles. The first-order chi connectivity index (χ1) is 33.6. The molecular formula is C47H70N10O14S. The van der Waals surface area contributed by atoms with Crippen molar-refractivity contribution in [1.82, 2.24) is 36.8 Å². The van der Waals surface area contributed by atoms with Gasteiger partial charge in [0.25, 0.3) is 5.91 Å². The predicted molar refractivity (Wildman–Crippen MR) is 265 cm³/mol. The molecule has 1 aromatic rings. The minimum absolute atomic E-state index is 0.0152. The number of aliphatic carboxylic acids is 2. The first-order valence-corrected chi connectivity index (χ1v) is 25.1. The largest absolute Gasteiger partial charge is 0.480 e. The lowest BCUT2D eigenvalue weighted by Crippen LogP contribution is -2.57. The van der Waals surface area contributed by atoms with Crippen LogP contribution in [0.5, 0.6) is 0 Å². The smallest absolute Gasteiger partial charge is 0.326 e. The maximum Gasteiger partial charge on any atom is 0.326 e. The van der Waals surface area contributed by atoms with Crippen LogP contribution in [0.2, 0.25) is 0 Å². The fourth-order valence-corrected chi connectivity index (χ4v) is 7.82. The summed E-state index contributed by atoms with van der Waals surface area (Å²) in [6, 6.07) is 0.140. The molecule has 398 valence electrons. The van der Waals surface area contributed by atoms with Gasteiger partial charge in [0.2, 0.25) is 35.4 Å². The van der Waals surface area contributed by atoms with Gasteiger partial charge in [-0.2, -0.15) is 0 Å². The van der Waals surface area contributed by atoms with Gasteiger partial charge in [0.1, 0.15) is 45.7 Å². The summed E-state index contributed by atoms with van der Waals surface area (Å²) >= 11 is 0. The van der Waals surface area contributed by atoms with Crippen molar-refractivity contribution in [3.05, 3.63) is 72.0 Å². The van der Waals surface area contributed by atoms with Crippen molar-refractivity contribution < 1.29 is 66.5 Å². The second-order valence-electron chi connectivity index (χ2n) is 17.6. The summed E-state index contributed by atoms with van der Waals surface area (Å²) in [7, 11) is -1.02. The normalized spacial score (nSPS) is 24.2. The van der Waals surface area contributed by atoms with Crippen LogP contribution in [0.4, 0.5) is 0 Å². The molecule has 0 bridgehead atoms.